The van der Waals surface area contributed by atoms with Gasteiger partial charge in [-0.2, -0.15) is 0 Å². The molecule has 0 spiro atoms. The van der Waals surface area contributed by atoms with E-state index in [9.17, 15) is 0 Å². The highest BCUT2D eigenvalue weighted by molar-refractivity contribution is 6.06. The van der Waals surface area contributed by atoms with Gasteiger partial charge in [-0.15, -0.1) is 0 Å². The van der Waals surface area contributed by atoms with Crippen LogP contribution in [0.4, 0.5) is 0 Å². The zero-order chi connectivity index (χ0) is 21.9. The summed E-state index contributed by atoms with van der Waals surface area (Å²) in [5.41, 5.74) is 6.93. The van der Waals surface area contributed by atoms with Gasteiger partial charge in [0.15, 0.2) is 5.84 Å². The molecule has 3 rings (SSSR count). The molecule has 1 aliphatic rings. The lowest BCUT2D eigenvalue weighted by molar-refractivity contribution is 0.375. The summed E-state index contributed by atoms with van der Waals surface area (Å²) in [4.78, 5) is 9.18. The first-order valence-electron chi connectivity index (χ1n) is 11.0. The van der Waals surface area contributed by atoms with Crippen LogP contribution < -0.4 is 4.74 Å². The van der Waals surface area contributed by atoms with Crippen LogP contribution in [-0.4, -0.2) is 24.7 Å². The number of ether oxygens (including phenoxy) is 1. The highest BCUT2D eigenvalue weighted by Gasteiger charge is 2.23. The van der Waals surface area contributed by atoms with Gasteiger partial charge in [0.1, 0.15) is 12.4 Å². The normalized spacial score (nSPS) is 14.5. The van der Waals surface area contributed by atoms with E-state index in [4.69, 9.17) is 4.74 Å². The highest BCUT2D eigenvalue weighted by Crippen LogP contribution is 2.30. The number of hydrogen-bond donors (Lipinski definition) is 0. The lowest BCUT2D eigenvalue weighted by Crippen LogP contribution is -2.21. The summed E-state index contributed by atoms with van der Waals surface area (Å²) < 4.78 is 6.00. The van der Waals surface area contributed by atoms with Crippen molar-refractivity contribution in [3.63, 3.8) is 0 Å². The van der Waals surface area contributed by atoms with Crippen LogP contribution >= 0.6 is 0 Å². The van der Waals surface area contributed by atoms with E-state index in [2.05, 4.69) is 94.8 Å². The fourth-order valence-electron chi connectivity index (χ4n) is 4.10. The van der Waals surface area contributed by atoms with Crippen LogP contribution in [0, 0.1) is 12.3 Å². The Kier molecular flexibility index (Phi) is 6.50. The minimum atomic E-state index is 0.0624. The topological polar surface area (TPSA) is 34.0 Å². The Morgan fingerprint density at radius 3 is 2.30 bits per heavy atom. The van der Waals surface area contributed by atoms with Crippen molar-refractivity contribution in [2.45, 2.75) is 66.7 Å². The first-order valence-corrected chi connectivity index (χ1v) is 11.0. The molecule has 0 amide bonds. The van der Waals surface area contributed by atoms with Gasteiger partial charge in [0.05, 0.1) is 6.54 Å². The number of amidine groups is 1. The van der Waals surface area contributed by atoms with Gasteiger partial charge in [-0.25, -0.2) is 4.99 Å². The zero-order valence-corrected chi connectivity index (χ0v) is 19.7. The minimum absolute atomic E-state index is 0.0624. The van der Waals surface area contributed by atoms with E-state index >= 15 is 0 Å². The number of nitrogens with zero attached hydrogens (tertiary/aromatic N) is 2. The molecule has 2 aromatic rings. The number of benzene rings is 2. The number of rotatable bonds is 6. The van der Waals surface area contributed by atoms with Crippen molar-refractivity contribution in [1.29, 1.82) is 0 Å². The monoisotopic (exact) mass is 404 g/mol. The maximum Gasteiger partial charge on any atom is 0.161 e. The Morgan fingerprint density at radius 1 is 0.900 bits per heavy atom. The van der Waals surface area contributed by atoms with Gasteiger partial charge in [0.2, 0.25) is 0 Å². The van der Waals surface area contributed by atoms with Crippen molar-refractivity contribution in [3.05, 3.63) is 64.7 Å². The highest BCUT2D eigenvalue weighted by atomic mass is 16.5. The molecule has 3 nitrogen and oxygen atoms in total. The van der Waals surface area contributed by atoms with Crippen molar-refractivity contribution in [3.8, 4) is 5.75 Å². The molecule has 2 aromatic carbocycles. The van der Waals surface area contributed by atoms with E-state index in [1.165, 1.54) is 22.3 Å². The summed E-state index contributed by atoms with van der Waals surface area (Å²) in [6.07, 6.45) is 2.03. The molecule has 0 N–H and O–H groups in total. The van der Waals surface area contributed by atoms with Crippen LogP contribution in [0.15, 0.2) is 52.4 Å². The van der Waals surface area contributed by atoms with E-state index in [1.54, 1.807) is 0 Å². The molecule has 0 fully saturated rings. The third kappa shape index (κ3) is 5.59. The molecule has 160 valence electrons. The third-order valence-electron chi connectivity index (χ3n) is 5.60. The van der Waals surface area contributed by atoms with E-state index in [0.29, 0.717) is 13.2 Å². The summed E-state index contributed by atoms with van der Waals surface area (Å²) in [6, 6.07) is 15.1. The Balaban J connectivity index is 1.64. The number of aliphatic imine (C=N–C) groups is 2. The fraction of sp³-hybridized carbons (Fsp3) is 0.481. The van der Waals surface area contributed by atoms with Gasteiger partial charge < -0.3 is 4.74 Å². The molecule has 0 aromatic heterocycles. The maximum absolute atomic E-state index is 6.00. The molecule has 0 unspecified atom stereocenters. The molecule has 3 heteroatoms. The summed E-state index contributed by atoms with van der Waals surface area (Å²) in [6.45, 7) is 16.8. The van der Waals surface area contributed by atoms with Crippen LogP contribution in [0.1, 0.15) is 63.8 Å². The Hall–Kier alpha value is -2.42. The average molecular weight is 405 g/mol. The molecule has 0 aliphatic carbocycles. The van der Waals surface area contributed by atoms with Gasteiger partial charge in [0, 0.05) is 11.1 Å². The van der Waals surface area contributed by atoms with Crippen LogP contribution in [0.2, 0.25) is 0 Å². The van der Waals surface area contributed by atoms with Crippen LogP contribution in [0.5, 0.6) is 5.75 Å². The smallest absolute Gasteiger partial charge is 0.161 e. The molecule has 30 heavy (non-hydrogen) atoms. The van der Waals surface area contributed by atoms with Crippen molar-refractivity contribution in [1.82, 2.24) is 0 Å². The largest absolute Gasteiger partial charge is 0.486 e. The van der Waals surface area contributed by atoms with Crippen molar-refractivity contribution >= 4 is 11.5 Å². The van der Waals surface area contributed by atoms with E-state index in [-0.39, 0.29) is 10.8 Å². The second-order valence-electron chi connectivity index (χ2n) is 10.3. The molecule has 1 aliphatic heterocycles. The Labute approximate surface area is 182 Å². The quantitative estimate of drug-likeness (QED) is 0.552. The van der Waals surface area contributed by atoms with Gasteiger partial charge in [-0.05, 0) is 59.6 Å². The van der Waals surface area contributed by atoms with Gasteiger partial charge in [-0.1, -0.05) is 71.9 Å². The lowest BCUT2D eigenvalue weighted by Gasteiger charge is -2.25. The summed E-state index contributed by atoms with van der Waals surface area (Å²) >= 11 is 0. The first-order chi connectivity index (χ1) is 14.0. The third-order valence-corrected chi connectivity index (χ3v) is 5.60. The molecule has 0 saturated carbocycles. The Bertz CT molecular complexity index is 956. The molecule has 0 saturated heterocycles. The Morgan fingerprint density at radius 2 is 1.63 bits per heavy atom. The first kappa shape index (κ1) is 22.3. The van der Waals surface area contributed by atoms with Crippen molar-refractivity contribution < 1.29 is 4.74 Å². The molecule has 0 bridgehead atoms. The maximum atomic E-state index is 6.00. The molecule has 0 atom stereocenters. The number of hydrogen-bond acceptors (Lipinski definition) is 3. The summed E-state index contributed by atoms with van der Waals surface area (Å²) in [5, 5.41) is 0. The van der Waals surface area contributed by atoms with Gasteiger partial charge in [0.25, 0.3) is 0 Å². The molecular formula is C27H36N2O. The van der Waals surface area contributed by atoms with Crippen LogP contribution in [-0.2, 0) is 18.3 Å². The van der Waals surface area contributed by atoms with E-state index < -0.39 is 0 Å². The summed E-state index contributed by atoms with van der Waals surface area (Å²) in [7, 11) is 0. The van der Waals surface area contributed by atoms with Gasteiger partial charge in [-0.3, -0.25) is 4.99 Å². The lowest BCUT2D eigenvalue weighted by atomic mass is 9.79. The van der Waals surface area contributed by atoms with E-state index in [0.717, 1.165) is 30.1 Å². The zero-order valence-electron chi connectivity index (χ0n) is 19.7. The van der Waals surface area contributed by atoms with Gasteiger partial charge >= 0.3 is 0 Å². The fourth-order valence-corrected chi connectivity index (χ4v) is 4.10. The predicted octanol–water partition coefficient (Wildman–Crippen LogP) is 6.36. The summed E-state index contributed by atoms with van der Waals surface area (Å²) in [5.74, 6) is 1.68. The van der Waals surface area contributed by atoms with E-state index in [1.807, 2.05) is 6.07 Å². The van der Waals surface area contributed by atoms with Crippen LogP contribution in [0.25, 0.3) is 0 Å². The molecule has 1 heterocycles. The minimum Gasteiger partial charge on any atom is -0.486 e. The molecular weight excluding hydrogens is 368 g/mol. The average Bonchev–Trinajstić information content (AvgIpc) is 3.13. The number of aryl methyl sites for hydroxylation is 3. The second-order valence-corrected chi connectivity index (χ2v) is 10.3. The SMILES string of the molecule is Cc1cccc(CCc2cccc(OCC3=NCC(C(C)(C)C)=N3)c2)c1C(C)(C)C. The second kappa shape index (κ2) is 8.75. The van der Waals surface area contributed by atoms with Crippen molar-refractivity contribution in [2.24, 2.45) is 15.4 Å². The van der Waals surface area contributed by atoms with Crippen LogP contribution in [0.3, 0.4) is 0 Å². The standard InChI is InChI=1S/C27H36N2O/c1-19-10-8-12-21(25(19)27(5,6)7)15-14-20-11-9-13-22(16-20)30-18-24-28-17-23(29-24)26(2,3)4/h8-13,16H,14-15,17-18H2,1-7H3. The predicted molar refractivity (Wildman–Crippen MR) is 128 cm³/mol. The molecule has 0 radical (unpaired) electrons. The van der Waals surface area contributed by atoms with Crippen molar-refractivity contribution in [2.75, 3.05) is 13.2 Å².